The predicted octanol–water partition coefficient (Wildman–Crippen LogP) is 4.54. The van der Waals surface area contributed by atoms with Crippen LogP contribution in [0.1, 0.15) is 49.2 Å². The third-order valence-electron chi connectivity index (χ3n) is 5.28. The van der Waals surface area contributed by atoms with E-state index in [0.717, 1.165) is 29.7 Å². The highest BCUT2D eigenvalue weighted by Gasteiger charge is 2.33. The van der Waals surface area contributed by atoms with Crippen molar-refractivity contribution in [2.24, 2.45) is 5.41 Å². The van der Waals surface area contributed by atoms with Crippen molar-refractivity contribution < 1.29 is 19.4 Å². The molecule has 0 spiro atoms. The van der Waals surface area contributed by atoms with Crippen molar-refractivity contribution in [3.05, 3.63) is 45.9 Å². The lowest BCUT2D eigenvalue weighted by Crippen LogP contribution is -2.32. The van der Waals surface area contributed by atoms with E-state index in [0.29, 0.717) is 24.0 Å². The van der Waals surface area contributed by atoms with Crippen LogP contribution in [0.3, 0.4) is 0 Å². The Morgan fingerprint density at radius 2 is 2.03 bits per heavy atom. The number of hydrogen-bond donors (Lipinski definition) is 2. The van der Waals surface area contributed by atoms with Crippen LogP contribution in [0.4, 0.5) is 0 Å². The number of fused-ring (bicyclic) bond motifs is 3. The summed E-state index contributed by atoms with van der Waals surface area (Å²) in [5, 5.41) is 18.1. The van der Waals surface area contributed by atoms with Crippen LogP contribution in [0.15, 0.2) is 24.4 Å². The van der Waals surface area contributed by atoms with E-state index in [9.17, 15) is 9.90 Å². The lowest BCUT2D eigenvalue weighted by atomic mass is 9.79. The van der Waals surface area contributed by atoms with E-state index in [1.807, 2.05) is 16.7 Å². The van der Waals surface area contributed by atoms with E-state index < -0.39 is 5.97 Å². The molecule has 0 radical (unpaired) electrons. The summed E-state index contributed by atoms with van der Waals surface area (Å²) in [6.07, 6.45) is 3.08. The second-order valence-electron chi connectivity index (χ2n) is 8.42. The minimum Gasteiger partial charge on any atom is -0.492 e. The number of carboxylic acid groups (broad SMARTS) is 1. The van der Waals surface area contributed by atoms with Crippen molar-refractivity contribution in [3.63, 3.8) is 0 Å². The van der Waals surface area contributed by atoms with Crippen LogP contribution in [0.25, 0.3) is 11.3 Å². The summed E-state index contributed by atoms with van der Waals surface area (Å²) < 4.78 is 12.9. The molecular weight excluding hydrogens is 392 g/mol. The number of nitrogens with zero attached hydrogens (tertiary/aromatic N) is 1. The first kappa shape index (κ1) is 21.4. The molecule has 7 heteroatoms. The predicted molar refractivity (Wildman–Crippen MR) is 112 cm³/mol. The van der Waals surface area contributed by atoms with Crippen LogP contribution >= 0.6 is 11.6 Å². The normalized spacial score (nSPS) is 15.6. The van der Waals surface area contributed by atoms with Crippen molar-refractivity contribution in [1.29, 1.82) is 5.41 Å². The first-order valence-electron chi connectivity index (χ1n) is 9.62. The van der Waals surface area contributed by atoms with Crippen LogP contribution < -0.4 is 10.1 Å². The molecule has 0 aliphatic carbocycles. The van der Waals surface area contributed by atoms with Gasteiger partial charge < -0.3 is 19.1 Å². The molecule has 3 rings (SSSR count). The third-order valence-corrected chi connectivity index (χ3v) is 5.58. The Bertz CT molecular complexity index is 992. The fourth-order valence-electron chi connectivity index (χ4n) is 3.74. The molecule has 156 valence electrons. The Morgan fingerprint density at radius 3 is 2.66 bits per heavy atom. The lowest BCUT2D eigenvalue weighted by Gasteiger charge is -2.39. The highest BCUT2D eigenvalue weighted by atomic mass is 35.5. The fraction of sp³-hybridized carbons (Fsp3) is 0.455. The van der Waals surface area contributed by atoms with E-state index >= 15 is 0 Å². The number of benzene rings is 1. The van der Waals surface area contributed by atoms with Crippen molar-refractivity contribution in [1.82, 2.24) is 4.57 Å². The van der Waals surface area contributed by atoms with Gasteiger partial charge in [-0.15, -0.1) is 0 Å². The molecule has 1 aliphatic rings. The van der Waals surface area contributed by atoms with E-state index in [4.69, 9.17) is 26.5 Å². The molecule has 0 saturated carbocycles. The van der Waals surface area contributed by atoms with E-state index in [-0.39, 0.29) is 22.4 Å². The number of carbonyl (C=O) groups is 1. The van der Waals surface area contributed by atoms with Crippen molar-refractivity contribution in [2.75, 3.05) is 20.3 Å². The molecule has 0 bridgehead atoms. The number of nitrogens with one attached hydrogen (secondary N) is 1. The first-order valence-corrected chi connectivity index (χ1v) is 10.00. The van der Waals surface area contributed by atoms with Gasteiger partial charge in [0, 0.05) is 37.9 Å². The summed E-state index contributed by atoms with van der Waals surface area (Å²) >= 11 is 6.48. The average molecular weight is 419 g/mol. The first-order chi connectivity index (χ1) is 13.6. The van der Waals surface area contributed by atoms with Crippen LogP contribution in [-0.4, -0.2) is 36.0 Å². The number of halogens is 1. The van der Waals surface area contributed by atoms with Gasteiger partial charge in [-0.3, -0.25) is 5.41 Å². The smallest absolute Gasteiger partial charge is 0.339 e. The average Bonchev–Trinajstić information content (AvgIpc) is 2.63. The number of aromatic carboxylic acids is 1. The zero-order chi connectivity index (χ0) is 21.3. The minimum absolute atomic E-state index is 0.00403. The summed E-state index contributed by atoms with van der Waals surface area (Å²) in [6.45, 7) is 7.53. The SMILES string of the molecule is COCCCOc1cc2c(cc1Cl)-c1cc(=N)c(C(=O)O)cn1C(C(C)(C)C)C2. The third kappa shape index (κ3) is 4.33. The number of carboxylic acids is 1. The van der Waals surface area contributed by atoms with Crippen molar-refractivity contribution >= 4 is 17.6 Å². The molecule has 2 N–H and O–H groups in total. The van der Waals surface area contributed by atoms with Gasteiger partial charge in [-0.1, -0.05) is 32.4 Å². The quantitative estimate of drug-likeness (QED) is 0.674. The number of hydrogen-bond acceptors (Lipinski definition) is 4. The molecule has 1 aromatic heterocycles. The Kier molecular flexibility index (Phi) is 6.05. The van der Waals surface area contributed by atoms with Crippen LogP contribution in [-0.2, 0) is 11.2 Å². The number of aromatic nitrogens is 1. The highest BCUT2D eigenvalue weighted by Crippen LogP contribution is 2.44. The Hall–Kier alpha value is -2.31. The summed E-state index contributed by atoms with van der Waals surface area (Å²) in [4.78, 5) is 11.6. The topological polar surface area (TPSA) is 84.5 Å². The summed E-state index contributed by atoms with van der Waals surface area (Å²) in [7, 11) is 1.66. The fourth-order valence-corrected chi connectivity index (χ4v) is 3.96. The van der Waals surface area contributed by atoms with Crippen LogP contribution in [0, 0.1) is 10.8 Å². The summed E-state index contributed by atoms with van der Waals surface area (Å²) in [6, 6.07) is 5.48. The molecule has 0 saturated heterocycles. The number of rotatable bonds is 6. The van der Waals surface area contributed by atoms with E-state index in [1.54, 1.807) is 19.4 Å². The maximum atomic E-state index is 11.6. The molecule has 1 unspecified atom stereocenters. The summed E-state index contributed by atoms with van der Waals surface area (Å²) in [5.41, 5.74) is 2.67. The zero-order valence-electron chi connectivity index (χ0n) is 17.2. The minimum atomic E-state index is -1.10. The molecule has 2 aromatic rings. The van der Waals surface area contributed by atoms with Gasteiger partial charge in [0.25, 0.3) is 0 Å². The number of ether oxygens (including phenoxy) is 2. The van der Waals surface area contributed by atoms with Gasteiger partial charge >= 0.3 is 5.97 Å². The van der Waals surface area contributed by atoms with E-state index in [1.165, 1.54) is 0 Å². The lowest BCUT2D eigenvalue weighted by molar-refractivity contribution is 0.0693. The van der Waals surface area contributed by atoms with Crippen LogP contribution in [0.5, 0.6) is 5.75 Å². The maximum Gasteiger partial charge on any atom is 0.339 e. The second-order valence-corrected chi connectivity index (χ2v) is 8.83. The molecule has 1 aromatic carbocycles. The molecule has 6 nitrogen and oxygen atoms in total. The van der Waals surface area contributed by atoms with Gasteiger partial charge in [-0.25, -0.2) is 4.79 Å². The van der Waals surface area contributed by atoms with Crippen molar-refractivity contribution in [3.8, 4) is 17.0 Å². The Morgan fingerprint density at radius 1 is 1.31 bits per heavy atom. The molecular formula is C22H27ClN2O4. The van der Waals surface area contributed by atoms with Gasteiger partial charge in [0.15, 0.2) is 0 Å². The monoisotopic (exact) mass is 418 g/mol. The molecule has 0 fully saturated rings. The van der Waals surface area contributed by atoms with Gasteiger partial charge in [0.1, 0.15) is 11.3 Å². The Balaban J connectivity index is 2.11. The molecule has 2 heterocycles. The second kappa shape index (κ2) is 8.20. The molecule has 1 aliphatic heterocycles. The van der Waals surface area contributed by atoms with Crippen molar-refractivity contribution in [2.45, 2.75) is 39.7 Å². The van der Waals surface area contributed by atoms with Gasteiger partial charge in [0.2, 0.25) is 0 Å². The molecule has 29 heavy (non-hydrogen) atoms. The van der Waals surface area contributed by atoms with Gasteiger partial charge in [-0.2, -0.15) is 0 Å². The highest BCUT2D eigenvalue weighted by molar-refractivity contribution is 6.32. The Labute approximate surface area is 175 Å². The van der Waals surface area contributed by atoms with Gasteiger partial charge in [-0.05, 0) is 35.6 Å². The number of pyridine rings is 1. The molecule has 1 atom stereocenters. The van der Waals surface area contributed by atoms with E-state index in [2.05, 4.69) is 20.8 Å². The van der Waals surface area contributed by atoms with Gasteiger partial charge in [0.05, 0.1) is 22.7 Å². The zero-order valence-corrected chi connectivity index (χ0v) is 18.0. The number of methoxy groups -OCH3 is 1. The van der Waals surface area contributed by atoms with Crippen LogP contribution in [0.2, 0.25) is 5.02 Å². The largest absolute Gasteiger partial charge is 0.492 e. The summed E-state index contributed by atoms with van der Waals surface area (Å²) in [5.74, 6) is -0.461. The standard InChI is InChI=1S/C22H27ClN2O4/c1-22(2,3)20-9-13-8-19(29-7-5-6-28-4)16(23)10-14(13)18-11-17(24)15(21(26)27)12-25(18)20/h8,10-12,20,24H,5-7,9H2,1-4H3,(H,26,27). The molecule has 0 amide bonds. The maximum absolute atomic E-state index is 11.6.